The van der Waals surface area contributed by atoms with Gasteiger partial charge in [-0.1, -0.05) is 13.8 Å². The summed E-state index contributed by atoms with van der Waals surface area (Å²) in [5.41, 5.74) is 0.560. The van der Waals surface area contributed by atoms with Gasteiger partial charge in [-0.25, -0.2) is 0 Å². The highest BCUT2D eigenvalue weighted by Crippen LogP contribution is 2.47. The summed E-state index contributed by atoms with van der Waals surface area (Å²) in [6, 6.07) is 0.624. The summed E-state index contributed by atoms with van der Waals surface area (Å²) in [5.74, 6) is 0.569. The summed E-state index contributed by atoms with van der Waals surface area (Å²) in [6.45, 7) is 9.72. The Morgan fingerprint density at radius 3 is 2.29 bits per heavy atom. The van der Waals surface area contributed by atoms with Gasteiger partial charge in [0.2, 0.25) is 0 Å². The molecule has 0 aromatic carbocycles. The molecule has 1 rings (SSSR count). The van der Waals surface area contributed by atoms with Gasteiger partial charge in [0.1, 0.15) is 0 Å². The molecule has 2 heteroatoms. The second-order valence-electron chi connectivity index (χ2n) is 5.47. The molecule has 3 unspecified atom stereocenters. The van der Waals surface area contributed by atoms with Crippen molar-refractivity contribution in [2.75, 3.05) is 6.54 Å². The normalized spacial score (nSPS) is 25.5. The molecular weight excluding hydrogens is 174 g/mol. The van der Waals surface area contributed by atoms with E-state index in [0.29, 0.717) is 17.4 Å². The molecule has 0 heterocycles. The fourth-order valence-electron chi connectivity index (χ4n) is 1.92. The zero-order valence-corrected chi connectivity index (χ0v) is 10.0. The van der Waals surface area contributed by atoms with Gasteiger partial charge in [-0.15, -0.1) is 0 Å². The number of nitrogens with one attached hydrogen (secondary N) is 1. The van der Waals surface area contributed by atoms with Crippen LogP contribution in [0.25, 0.3) is 0 Å². The molecule has 1 fully saturated rings. The second-order valence-corrected chi connectivity index (χ2v) is 5.47. The molecule has 2 N–H and O–H groups in total. The molecule has 1 aliphatic carbocycles. The molecular formula is C12H25NO. The highest BCUT2D eigenvalue weighted by molar-refractivity contribution is 4.96. The molecule has 0 saturated heterocycles. The van der Waals surface area contributed by atoms with Crippen molar-refractivity contribution in [3.8, 4) is 0 Å². The zero-order valence-electron chi connectivity index (χ0n) is 10.0. The van der Waals surface area contributed by atoms with E-state index in [9.17, 15) is 5.11 Å². The smallest absolute Gasteiger partial charge is 0.0515 e. The van der Waals surface area contributed by atoms with Gasteiger partial charge in [0.25, 0.3) is 0 Å². The minimum Gasteiger partial charge on any atom is -0.393 e. The topological polar surface area (TPSA) is 32.3 Å². The zero-order chi connectivity index (χ0) is 10.8. The first-order chi connectivity index (χ1) is 6.44. The van der Waals surface area contributed by atoms with E-state index in [4.69, 9.17) is 0 Å². The van der Waals surface area contributed by atoms with Crippen LogP contribution >= 0.6 is 0 Å². The quantitative estimate of drug-likeness (QED) is 0.687. The highest BCUT2D eigenvalue weighted by Gasteiger charge is 2.42. The van der Waals surface area contributed by atoms with E-state index in [-0.39, 0.29) is 6.10 Å². The first-order valence-electron chi connectivity index (χ1n) is 5.85. The van der Waals surface area contributed by atoms with Crippen molar-refractivity contribution in [2.45, 2.75) is 59.1 Å². The molecule has 0 aromatic heterocycles. The largest absolute Gasteiger partial charge is 0.393 e. The number of hydrogen-bond donors (Lipinski definition) is 2. The molecule has 14 heavy (non-hydrogen) atoms. The van der Waals surface area contributed by atoms with E-state index >= 15 is 0 Å². The maximum Gasteiger partial charge on any atom is 0.0515 e. The van der Waals surface area contributed by atoms with E-state index in [1.54, 1.807) is 0 Å². The second kappa shape index (κ2) is 4.63. The summed E-state index contributed by atoms with van der Waals surface area (Å²) >= 11 is 0. The Kier molecular flexibility index (Phi) is 3.96. The lowest BCUT2D eigenvalue weighted by atomic mass is 9.99. The summed E-state index contributed by atoms with van der Waals surface area (Å²) in [5, 5.41) is 12.8. The van der Waals surface area contributed by atoms with Crippen LogP contribution in [0.2, 0.25) is 0 Å². The summed E-state index contributed by atoms with van der Waals surface area (Å²) in [4.78, 5) is 0. The van der Waals surface area contributed by atoms with Crippen LogP contribution in [-0.2, 0) is 0 Å². The van der Waals surface area contributed by atoms with Gasteiger partial charge in [-0.3, -0.25) is 0 Å². The van der Waals surface area contributed by atoms with E-state index < -0.39 is 0 Å². The van der Waals surface area contributed by atoms with Crippen LogP contribution in [0, 0.1) is 11.3 Å². The maximum atomic E-state index is 9.23. The minimum absolute atomic E-state index is 0.168. The lowest BCUT2D eigenvalue weighted by Gasteiger charge is -2.23. The van der Waals surface area contributed by atoms with Gasteiger partial charge < -0.3 is 10.4 Å². The maximum absolute atomic E-state index is 9.23. The van der Waals surface area contributed by atoms with Crippen molar-refractivity contribution in [2.24, 2.45) is 11.3 Å². The Hall–Kier alpha value is -0.0800. The van der Waals surface area contributed by atoms with Gasteiger partial charge in [0.05, 0.1) is 6.10 Å². The van der Waals surface area contributed by atoms with E-state index in [1.807, 2.05) is 6.92 Å². The van der Waals surface area contributed by atoms with Crippen molar-refractivity contribution < 1.29 is 5.11 Å². The molecule has 0 spiro atoms. The van der Waals surface area contributed by atoms with Gasteiger partial charge in [0, 0.05) is 6.04 Å². The molecule has 0 radical (unpaired) electrons. The predicted octanol–water partition coefficient (Wildman–Crippen LogP) is 2.17. The summed E-state index contributed by atoms with van der Waals surface area (Å²) in [7, 11) is 0. The van der Waals surface area contributed by atoms with Crippen LogP contribution in [0.4, 0.5) is 0 Å². The van der Waals surface area contributed by atoms with Gasteiger partial charge in [0.15, 0.2) is 0 Å². The molecule has 0 aliphatic heterocycles. The van der Waals surface area contributed by atoms with E-state index in [2.05, 4.69) is 26.1 Å². The predicted molar refractivity (Wildman–Crippen MR) is 60.3 cm³/mol. The monoisotopic (exact) mass is 199 g/mol. The lowest BCUT2D eigenvalue weighted by Crippen LogP contribution is -2.36. The average molecular weight is 199 g/mol. The Labute approximate surface area is 88.1 Å². The molecule has 0 aromatic rings. The van der Waals surface area contributed by atoms with Gasteiger partial charge in [-0.2, -0.15) is 0 Å². The third-order valence-electron chi connectivity index (χ3n) is 3.60. The standard InChI is InChI=1S/C12H25NO/c1-9(7-10(2)14)8-13-11(3)12(4)5-6-12/h9-11,13-14H,5-8H2,1-4H3. The average Bonchev–Trinajstić information content (AvgIpc) is 2.79. The number of aliphatic hydroxyl groups excluding tert-OH is 1. The van der Waals surface area contributed by atoms with Crippen LogP contribution in [0.5, 0.6) is 0 Å². The summed E-state index contributed by atoms with van der Waals surface area (Å²) in [6.07, 6.45) is 3.47. The van der Waals surface area contributed by atoms with Crippen LogP contribution in [0.3, 0.4) is 0 Å². The number of aliphatic hydroxyl groups is 1. The SMILES string of the molecule is CC(O)CC(C)CNC(C)C1(C)CC1. The lowest BCUT2D eigenvalue weighted by molar-refractivity contribution is 0.161. The highest BCUT2D eigenvalue weighted by atomic mass is 16.3. The van der Waals surface area contributed by atoms with Crippen LogP contribution in [0.1, 0.15) is 47.0 Å². The van der Waals surface area contributed by atoms with E-state index in [1.165, 1.54) is 12.8 Å². The molecule has 1 saturated carbocycles. The Bertz CT molecular complexity index is 175. The first kappa shape index (κ1) is 12.0. The van der Waals surface area contributed by atoms with Crippen LogP contribution < -0.4 is 5.32 Å². The van der Waals surface area contributed by atoms with E-state index in [0.717, 1.165) is 13.0 Å². The number of rotatable bonds is 6. The van der Waals surface area contributed by atoms with Crippen LogP contribution in [-0.4, -0.2) is 23.8 Å². The molecule has 84 valence electrons. The first-order valence-corrected chi connectivity index (χ1v) is 5.85. The fourth-order valence-corrected chi connectivity index (χ4v) is 1.92. The third-order valence-corrected chi connectivity index (χ3v) is 3.60. The minimum atomic E-state index is -0.168. The Morgan fingerprint density at radius 1 is 1.29 bits per heavy atom. The van der Waals surface area contributed by atoms with Crippen molar-refractivity contribution in [1.82, 2.24) is 5.32 Å². The van der Waals surface area contributed by atoms with Crippen molar-refractivity contribution in [3.63, 3.8) is 0 Å². The molecule has 1 aliphatic rings. The van der Waals surface area contributed by atoms with Crippen molar-refractivity contribution in [1.29, 1.82) is 0 Å². The van der Waals surface area contributed by atoms with Crippen molar-refractivity contribution >= 4 is 0 Å². The summed E-state index contributed by atoms with van der Waals surface area (Å²) < 4.78 is 0. The molecule has 0 amide bonds. The van der Waals surface area contributed by atoms with Crippen LogP contribution in [0.15, 0.2) is 0 Å². The Morgan fingerprint density at radius 2 is 1.86 bits per heavy atom. The third kappa shape index (κ3) is 3.58. The molecule has 3 atom stereocenters. The number of hydrogen-bond acceptors (Lipinski definition) is 2. The molecule has 0 bridgehead atoms. The fraction of sp³-hybridized carbons (Fsp3) is 1.00. The van der Waals surface area contributed by atoms with Gasteiger partial charge in [-0.05, 0) is 51.0 Å². The molecule has 2 nitrogen and oxygen atoms in total. The Balaban J connectivity index is 2.13. The van der Waals surface area contributed by atoms with Gasteiger partial charge >= 0.3 is 0 Å². The van der Waals surface area contributed by atoms with Crippen molar-refractivity contribution in [3.05, 3.63) is 0 Å².